The number of anilines is 1. The van der Waals surface area contributed by atoms with Gasteiger partial charge in [-0.25, -0.2) is 0 Å². The third-order valence-electron chi connectivity index (χ3n) is 3.46. The number of hydrogen-bond acceptors (Lipinski definition) is 6. The molecular weight excluding hydrogens is 290 g/mol. The molecule has 1 aromatic carbocycles. The fraction of sp³-hybridized carbons (Fsp3) is 0.500. The van der Waals surface area contributed by atoms with Crippen LogP contribution >= 0.6 is 11.8 Å². The van der Waals surface area contributed by atoms with E-state index in [-0.39, 0.29) is 24.7 Å². The fourth-order valence-electron chi connectivity index (χ4n) is 2.60. The summed E-state index contributed by atoms with van der Waals surface area (Å²) in [5.74, 6) is 0.0923. The first kappa shape index (κ1) is 15.9. The molecule has 0 spiro atoms. The minimum atomic E-state index is -0.230. The number of oxime groups is 1. The quantitative estimate of drug-likeness (QED) is 0.253. The molecule has 0 aromatic heterocycles. The summed E-state index contributed by atoms with van der Waals surface area (Å²) in [6, 6.07) is 5.83. The smallest absolute Gasteiger partial charge is 0.173 e. The van der Waals surface area contributed by atoms with Gasteiger partial charge in [-0.05, 0) is 25.3 Å². The number of rotatable bonds is 4. The Morgan fingerprint density at radius 3 is 2.90 bits per heavy atom. The van der Waals surface area contributed by atoms with Gasteiger partial charge in [0, 0.05) is 23.7 Å². The summed E-state index contributed by atoms with van der Waals surface area (Å²) in [5, 5.41) is 21.6. The Labute approximate surface area is 128 Å². The normalized spacial score (nSPS) is 23.4. The summed E-state index contributed by atoms with van der Waals surface area (Å²) in [6.45, 7) is 3.21. The number of ether oxygens (including phenoxy) is 1. The van der Waals surface area contributed by atoms with Gasteiger partial charge in [-0.1, -0.05) is 11.2 Å². The van der Waals surface area contributed by atoms with Crippen LogP contribution in [-0.2, 0) is 4.74 Å². The first-order valence-corrected chi connectivity index (χ1v) is 7.99. The van der Waals surface area contributed by atoms with Gasteiger partial charge in [0.2, 0.25) is 0 Å². The molecule has 6 nitrogen and oxygen atoms in total. The zero-order chi connectivity index (χ0) is 15.4. The molecule has 1 aliphatic rings. The van der Waals surface area contributed by atoms with Crippen molar-refractivity contribution in [2.75, 3.05) is 30.9 Å². The van der Waals surface area contributed by atoms with Crippen LogP contribution < -0.4 is 10.6 Å². The number of nitrogens with two attached hydrogens (primary N) is 1. The van der Waals surface area contributed by atoms with Gasteiger partial charge in [0.15, 0.2) is 5.84 Å². The van der Waals surface area contributed by atoms with Gasteiger partial charge in [-0.3, -0.25) is 0 Å². The van der Waals surface area contributed by atoms with Crippen LogP contribution in [0, 0.1) is 0 Å². The van der Waals surface area contributed by atoms with Crippen LogP contribution in [0.15, 0.2) is 28.3 Å². The predicted octanol–water partition coefficient (Wildman–Crippen LogP) is 1.09. The maximum Gasteiger partial charge on any atom is 0.173 e. The van der Waals surface area contributed by atoms with E-state index in [0.29, 0.717) is 13.1 Å². The predicted molar refractivity (Wildman–Crippen MR) is 84.4 cm³/mol. The molecule has 0 aliphatic carbocycles. The molecule has 1 saturated heterocycles. The molecule has 1 heterocycles. The van der Waals surface area contributed by atoms with Gasteiger partial charge in [-0.15, -0.1) is 11.8 Å². The first-order valence-electron chi connectivity index (χ1n) is 6.76. The van der Waals surface area contributed by atoms with E-state index in [0.717, 1.165) is 16.1 Å². The lowest BCUT2D eigenvalue weighted by Crippen LogP contribution is -2.48. The third kappa shape index (κ3) is 3.42. The van der Waals surface area contributed by atoms with E-state index in [1.165, 1.54) is 0 Å². The maximum absolute atomic E-state index is 9.35. The first-order chi connectivity index (χ1) is 10.1. The Morgan fingerprint density at radius 2 is 2.29 bits per heavy atom. The molecule has 1 aromatic rings. The van der Waals surface area contributed by atoms with Crippen LogP contribution in [0.4, 0.5) is 5.69 Å². The van der Waals surface area contributed by atoms with Crippen LogP contribution in [0.25, 0.3) is 0 Å². The summed E-state index contributed by atoms with van der Waals surface area (Å²) < 4.78 is 5.66. The number of aliphatic hydroxyl groups is 1. The zero-order valence-corrected chi connectivity index (χ0v) is 13.0. The molecule has 0 radical (unpaired) electrons. The fourth-order valence-corrected chi connectivity index (χ4v) is 3.23. The number of amidine groups is 1. The summed E-state index contributed by atoms with van der Waals surface area (Å²) in [4.78, 5) is 3.06. The highest BCUT2D eigenvalue weighted by Gasteiger charge is 2.27. The van der Waals surface area contributed by atoms with E-state index >= 15 is 0 Å². The molecule has 116 valence electrons. The highest BCUT2D eigenvalue weighted by Crippen LogP contribution is 2.31. The van der Waals surface area contributed by atoms with Crippen LogP contribution in [0.3, 0.4) is 0 Å². The minimum Gasteiger partial charge on any atom is -0.409 e. The number of nitrogens with zero attached hydrogens (tertiary/aromatic N) is 2. The van der Waals surface area contributed by atoms with Crippen molar-refractivity contribution < 1.29 is 15.1 Å². The summed E-state index contributed by atoms with van der Waals surface area (Å²) in [7, 11) is 0. The molecule has 2 atom stereocenters. The minimum absolute atomic E-state index is 0.00831. The third-order valence-corrected chi connectivity index (χ3v) is 4.24. The average molecular weight is 311 g/mol. The Kier molecular flexibility index (Phi) is 5.33. The molecule has 0 saturated carbocycles. The Morgan fingerprint density at radius 1 is 1.52 bits per heavy atom. The van der Waals surface area contributed by atoms with Gasteiger partial charge < -0.3 is 25.7 Å². The topological polar surface area (TPSA) is 91.3 Å². The van der Waals surface area contributed by atoms with Gasteiger partial charge in [0.25, 0.3) is 0 Å². The number of thioether (sulfide) groups is 1. The molecule has 7 heteroatoms. The molecule has 2 unspecified atom stereocenters. The van der Waals surface area contributed by atoms with Crippen LogP contribution in [0.5, 0.6) is 0 Å². The second-order valence-electron chi connectivity index (χ2n) is 5.00. The number of morpholine rings is 1. The molecule has 1 aliphatic heterocycles. The monoisotopic (exact) mass is 311 g/mol. The second kappa shape index (κ2) is 7.02. The van der Waals surface area contributed by atoms with Crippen molar-refractivity contribution in [1.29, 1.82) is 0 Å². The largest absolute Gasteiger partial charge is 0.409 e. The van der Waals surface area contributed by atoms with Crippen molar-refractivity contribution in [3.63, 3.8) is 0 Å². The molecule has 1 fully saturated rings. The van der Waals surface area contributed by atoms with E-state index in [4.69, 9.17) is 15.7 Å². The summed E-state index contributed by atoms with van der Waals surface area (Å²) >= 11 is 1.55. The molecular formula is C14H21N3O3S. The highest BCUT2D eigenvalue weighted by molar-refractivity contribution is 7.98. The average Bonchev–Trinajstić information content (AvgIpc) is 2.52. The molecule has 2 rings (SSSR count). The Balaban J connectivity index is 2.43. The van der Waals surface area contributed by atoms with Crippen molar-refractivity contribution in [3.05, 3.63) is 23.8 Å². The zero-order valence-electron chi connectivity index (χ0n) is 12.2. The van der Waals surface area contributed by atoms with Gasteiger partial charge in [0.1, 0.15) is 0 Å². The van der Waals surface area contributed by atoms with Crippen LogP contribution in [0.2, 0.25) is 0 Å². The van der Waals surface area contributed by atoms with E-state index in [1.807, 2.05) is 31.4 Å². The van der Waals surface area contributed by atoms with Crippen molar-refractivity contribution in [2.45, 2.75) is 24.0 Å². The molecule has 21 heavy (non-hydrogen) atoms. The van der Waals surface area contributed by atoms with Crippen molar-refractivity contribution in [2.24, 2.45) is 10.9 Å². The lowest BCUT2D eigenvalue weighted by Gasteiger charge is -2.38. The summed E-state index contributed by atoms with van der Waals surface area (Å²) in [5.41, 5.74) is 7.47. The van der Waals surface area contributed by atoms with E-state index < -0.39 is 0 Å². The van der Waals surface area contributed by atoms with E-state index in [2.05, 4.69) is 10.1 Å². The van der Waals surface area contributed by atoms with E-state index in [1.54, 1.807) is 11.8 Å². The standard InChI is InChI=1S/C14H21N3O3S/c1-9-6-17(7-10(8-18)20-9)11-4-3-5-12(21-2)13(11)14(15)16-19/h3-5,9-10,18-19H,6-8H2,1-2H3,(H2,15,16). The van der Waals surface area contributed by atoms with Crippen molar-refractivity contribution in [3.8, 4) is 0 Å². The maximum atomic E-state index is 9.35. The van der Waals surface area contributed by atoms with Gasteiger partial charge in [-0.2, -0.15) is 0 Å². The van der Waals surface area contributed by atoms with Crippen LogP contribution in [-0.4, -0.2) is 54.3 Å². The number of aliphatic hydroxyl groups excluding tert-OH is 1. The van der Waals surface area contributed by atoms with Crippen LogP contribution in [0.1, 0.15) is 12.5 Å². The Bertz CT molecular complexity index is 524. The Hall–Kier alpha value is -1.44. The molecule has 0 bridgehead atoms. The molecule has 4 N–H and O–H groups in total. The van der Waals surface area contributed by atoms with Gasteiger partial charge in [0.05, 0.1) is 24.4 Å². The van der Waals surface area contributed by atoms with Crippen molar-refractivity contribution >= 4 is 23.3 Å². The summed E-state index contributed by atoms with van der Waals surface area (Å²) in [6.07, 6.45) is 1.73. The molecule has 0 amide bonds. The lowest BCUT2D eigenvalue weighted by molar-refractivity contribution is -0.0421. The second-order valence-corrected chi connectivity index (χ2v) is 5.84. The van der Waals surface area contributed by atoms with E-state index in [9.17, 15) is 5.11 Å². The SMILES string of the molecule is CSc1cccc(N2CC(C)OC(CO)C2)c1/C(N)=N/O. The highest BCUT2D eigenvalue weighted by atomic mass is 32.2. The van der Waals surface area contributed by atoms with Gasteiger partial charge >= 0.3 is 0 Å². The van der Waals surface area contributed by atoms with Crippen molar-refractivity contribution in [1.82, 2.24) is 0 Å². The lowest BCUT2D eigenvalue weighted by atomic mass is 10.1. The number of benzene rings is 1. The number of hydrogen-bond donors (Lipinski definition) is 3.